The molecule has 0 unspecified atom stereocenters. The summed E-state index contributed by atoms with van der Waals surface area (Å²) in [4.78, 5) is 15.7. The van der Waals surface area contributed by atoms with Gasteiger partial charge in [0.2, 0.25) is 0 Å². The zero-order chi connectivity index (χ0) is 14.3. The van der Waals surface area contributed by atoms with Gasteiger partial charge in [-0.15, -0.1) is 0 Å². The molecule has 0 aliphatic carbocycles. The minimum Gasteiger partial charge on any atom is -0.398 e. The largest absolute Gasteiger partial charge is 0.398 e. The van der Waals surface area contributed by atoms with E-state index in [1.165, 1.54) is 0 Å². The average Bonchev–Trinajstić information content (AvgIpc) is 2.84. The molecule has 2 aromatic carbocycles. The number of benzene rings is 2. The van der Waals surface area contributed by atoms with Gasteiger partial charge in [0.15, 0.2) is 5.78 Å². The second kappa shape index (κ2) is 4.69. The van der Waals surface area contributed by atoms with Gasteiger partial charge in [0.25, 0.3) is 0 Å². The number of H-pyrrole nitrogens is 1. The lowest BCUT2D eigenvalue weighted by molar-refractivity contribution is 0.104. The van der Waals surface area contributed by atoms with Gasteiger partial charge >= 0.3 is 0 Å². The highest BCUT2D eigenvalue weighted by Gasteiger charge is 2.17. The number of hydrogen-bond donors (Lipinski definition) is 2. The van der Waals surface area contributed by atoms with Crippen LogP contribution in [0.15, 0.2) is 42.6 Å². The number of aryl methyl sites for hydroxylation is 1. The molecule has 0 aliphatic heterocycles. The maximum atomic E-state index is 12.6. The fourth-order valence-corrected chi connectivity index (χ4v) is 2.48. The Morgan fingerprint density at radius 2 is 2.00 bits per heavy atom. The van der Waals surface area contributed by atoms with Crippen molar-refractivity contribution in [2.75, 3.05) is 5.73 Å². The first-order valence-corrected chi connectivity index (χ1v) is 6.62. The fraction of sp³-hybridized carbons (Fsp3) is 0.0625. The number of nitrogens with two attached hydrogens (primary N) is 1. The Kier molecular flexibility index (Phi) is 2.99. The molecule has 3 rings (SSSR count). The Bertz CT molecular complexity index is 820. The molecule has 0 atom stereocenters. The quantitative estimate of drug-likeness (QED) is 0.553. The molecule has 4 heteroatoms. The smallest absolute Gasteiger partial charge is 0.197 e. The van der Waals surface area contributed by atoms with E-state index in [1.807, 2.05) is 25.1 Å². The van der Waals surface area contributed by atoms with Crippen molar-refractivity contribution in [1.29, 1.82) is 0 Å². The van der Waals surface area contributed by atoms with Crippen LogP contribution in [0, 0.1) is 6.92 Å². The number of fused-ring (bicyclic) bond motifs is 1. The summed E-state index contributed by atoms with van der Waals surface area (Å²) in [7, 11) is 0. The summed E-state index contributed by atoms with van der Waals surface area (Å²) < 4.78 is 0. The van der Waals surface area contributed by atoms with Crippen molar-refractivity contribution < 1.29 is 4.79 Å². The number of ketones is 1. The second-order valence-corrected chi connectivity index (χ2v) is 5.19. The minimum atomic E-state index is -0.0835. The van der Waals surface area contributed by atoms with Crippen LogP contribution in [0.1, 0.15) is 21.5 Å². The molecular formula is C16H13ClN2O. The number of hydrogen-bond acceptors (Lipinski definition) is 2. The molecule has 100 valence electrons. The van der Waals surface area contributed by atoms with Gasteiger partial charge in [-0.25, -0.2) is 0 Å². The third-order valence-electron chi connectivity index (χ3n) is 3.46. The van der Waals surface area contributed by atoms with E-state index in [1.54, 1.807) is 24.4 Å². The van der Waals surface area contributed by atoms with Crippen LogP contribution in [0.3, 0.4) is 0 Å². The molecule has 20 heavy (non-hydrogen) atoms. The highest BCUT2D eigenvalue weighted by molar-refractivity contribution is 6.31. The van der Waals surface area contributed by atoms with Crippen LogP contribution in [0.5, 0.6) is 0 Å². The lowest BCUT2D eigenvalue weighted by atomic mass is 9.99. The van der Waals surface area contributed by atoms with Crippen LogP contribution in [0.25, 0.3) is 10.9 Å². The molecule has 3 nitrogen and oxygen atoms in total. The van der Waals surface area contributed by atoms with Gasteiger partial charge in [0, 0.05) is 38.9 Å². The van der Waals surface area contributed by atoms with Crippen molar-refractivity contribution in [2.24, 2.45) is 0 Å². The maximum Gasteiger partial charge on any atom is 0.197 e. The van der Waals surface area contributed by atoms with Crippen molar-refractivity contribution in [3.8, 4) is 0 Å². The highest BCUT2D eigenvalue weighted by atomic mass is 35.5. The van der Waals surface area contributed by atoms with Crippen molar-refractivity contribution in [3.05, 3.63) is 64.3 Å². The second-order valence-electron chi connectivity index (χ2n) is 4.76. The third-order valence-corrected chi connectivity index (χ3v) is 3.69. The lowest BCUT2D eigenvalue weighted by Gasteiger charge is -2.06. The normalized spacial score (nSPS) is 10.9. The lowest BCUT2D eigenvalue weighted by Crippen LogP contribution is -2.06. The molecule has 0 saturated heterocycles. The molecule has 0 spiro atoms. The standard InChI is InChI=1S/C16H13ClN2O/c1-9-3-2-4-12(15(9)18)16(20)13-8-19-14-7-10(17)5-6-11(13)14/h2-8,19H,18H2,1H3. The van der Waals surface area contributed by atoms with E-state index >= 15 is 0 Å². The van der Waals surface area contributed by atoms with Crippen molar-refractivity contribution in [3.63, 3.8) is 0 Å². The van der Waals surface area contributed by atoms with Gasteiger partial charge in [0.1, 0.15) is 0 Å². The Balaban J connectivity index is 2.16. The van der Waals surface area contributed by atoms with E-state index in [0.717, 1.165) is 16.5 Å². The van der Waals surface area contributed by atoms with Crippen molar-refractivity contribution in [2.45, 2.75) is 6.92 Å². The Morgan fingerprint density at radius 1 is 1.20 bits per heavy atom. The van der Waals surface area contributed by atoms with E-state index in [-0.39, 0.29) is 5.78 Å². The number of halogens is 1. The molecule has 0 amide bonds. The monoisotopic (exact) mass is 284 g/mol. The molecule has 0 fully saturated rings. The van der Waals surface area contributed by atoms with Crippen LogP contribution in [0.2, 0.25) is 5.02 Å². The molecule has 3 aromatic rings. The topological polar surface area (TPSA) is 58.9 Å². The molecule has 0 radical (unpaired) electrons. The Labute approximate surface area is 121 Å². The van der Waals surface area contributed by atoms with E-state index in [0.29, 0.717) is 21.8 Å². The number of nitrogens with one attached hydrogen (secondary N) is 1. The van der Waals surface area contributed by atoms with Crippen molar-refractivity contribution >= 4 is 34.0 Å². The van der Waals surface area contributed by atoms with Crippen LogP contribution in [-0.2, 0) is 0 Å². The minimum absolute atomic E-state index is 0.0835. The first-order chi connectivity index (χ1) is 9.58. The summed E-state index contributed by atoms with van der Waals surface area (Å²) >= 11 is 5.95. The SMILES string of the molecule is Cc1cccc(C(=O)c2c[nH]c3cc(Cl)ccc23)c1N. The first kappa shape index (κ1) is 12.8. The molecule has 0 saturated carbocycles. The van der Waals surface area contributed by atoms with Crippen LogP contribution in [0.4, 0.5) is 5.69 Å². The van der Waals surface area contributed by atoms with E-state index in [4.69, 9.17) is 17.3 Å². The first-order valence-electron chi connectivity index (χ1n) is 6.24. The molecule has 0 aliphatic rings. The molecule has 3 N–H and O–H groups in total. The Hall–Kier alpha value is -2.26. The summed E-state index contributed by atoms with van der Waals surface area (Å²) in [6.07, 6.45) is 1.70. The van der Waals surface area contributed by atoms with Gasteiger partial charge < -0.3 is 10.7 Å². The van der Waals surface area contributed by atoms with Crippen LogP contribution in [-0.4, -0.2) is 10.8 Å². The van der Waals surface area contributed by atoms with E-state index in [2.05, 4.69) is 4.98 Å². The van der Waals surface area contributed by atoms with Gasteiger partial charge in [-0.1, -0.05) is 29.8 Å². The van der Waals surface area contributed by atoms with Gasteiger partial charge in [-0.3, -0.25) is 4.79 Å². The maximum absolute atomic E-state index is 12.6. The Morgan fingerprint density at radius 3 is 2.80 bits per heavy atom. The van der Waals surface area contributed by atoms with Gasteiger partial charge in [0.05, 0.1) is 0 Å². The highest BCUT2D eigenvalue weighted by Crippen LogP contribution is 2.26. The van der Waals surface area contributed by atoms with Gasteiger partial charge in [-0.2, -0.15) is 0 Å². The average molecular weight is 285 g/mol. The number of anilines is 1. The molecule has 1 aromatic heterocycles. The van der Waals surface area contributed by atoms with Crippen LogP contribution >= 0.6 is 11.6 Å². The predicted octanol–water partition coefficient (Wildman–Crippen LogP) is 3.94. The number of aromatic amines is 1. The number of carbonyl (C=O) groups excluding carboxylic acids is 1. The number of rotatable bonds is 2. The summed E-state index contributed by atoms with van der Waals surface area (Å²) in [5, 5.41) is 1.48. The van der Waals surface area contributed by atoms with Crippen LogP contribution < -0.4 is 5.73 Å². The summed E-state index contributed by atoms with van der Waals surface area (Å²) in [5.74, 6) is -0.0835. The summed E-state index contributed by atoms with van der Waals surface area (Å²) in [6, 6.07) is 10.9. The van der Waals surface area contributed by atoms with E-state index < -0.39 is 0 Å². The predicted molar refractivity (Wildman–Crippen MR) is 82.3 cm³/mol. The zero-order valence-electron chi connectivity index (χ0n) is 10.9. The number of nitrogen functional groups attached to an aromatic ring is 1. The molecular weight excluding hydrogens is 272 g/mol. The zero-order valence-corrected chi connectivity index (χ0v) is 11.7. The summed E-state index contributed by atoms with van der Waals surface area (Å²) in [6.45, 7) is 1.89. The molecule has 1 heterocycles. The van der Waals surface area contributed by atoms with E-state index in [9.17, 15) is 4.79 Å². The summed E-state index contributed by atoms with van der Waals surface area (Å²) in [5.41, 5.74) is 9.41. The number of para-hydroxylation sites is 1. The van der Waals surface area contributed by atoms with Crippen molar-refractivity contribution in [1.82, 2.24) is 4.98 Å². The fourth-order valence-electron chi connectivity index (χ4n) is 2.31. The van der Waals surface area contributed by atoms with Gasteiger partial charge in [-0.05, 0) is 30.7 Å². The number of carbonyl (C=O) groups is 1. The number of aromatic nitrogens is 1. The molecule has 0 bridgehead atoms. The third kappa shape index (κ3) is 1.96.